The highest BCUT2D eigenvalue weighted by Crippen LogP contribution is 2.28. The van der Waals surface area contributed by atoms with Gasteiger partial charge in [0.2, 0.25) is 5.90 Å². The molecule has 0 unspecified atom stereocenters. The van der Waals surface area contributed by atoms with E-state index in [0.29, 0.717) is 17.9 Å². The molecule has 0 N–H and O–H groups in total. The Morgan fingerprint density at radius 1 is 1.31 bits per heavy atom. The predicted molar refractivity (Wildman–Crippen MR) is 96.3 cm³/mol. The van der Waals surface area contributed by atoms with Gasteiger partial charge in [-0.05, 0) is 31.2 Å². The number of carbonyl (C=O) groups is 1. The molecule has 26 heavy (non-hydrogen) atoms. The normalized spacial score (nSPS) is 14.9. The van der Waals surface area contributed by atoms with Gasteiger partial charge in [-0.1, -0.05) is 29.8 Å². The quantitative estimate of drug-likeness (QED) is 0.342. The van der Waals surface area contributed by atoms with Gasteiger partial charge >= 0.3 is 5.97 Å². The molecule has 1 heterocycles. The third-order valence-corrected chi connectivity index (χ3v) is 3.84. The number of nitro benzene ring substituents is 1. The summed E-state index contributed by atoms with van der Waals surface area (Å²) in [5.74, 6) is -0.0557. The van der Waals surface area contributed by atoms with Crippen LogP contribution in [-0.2, 0) is 9.53 Å². The third kappa shape index (κ3) is 3.57. The summed E-state index contributed by atoms with van der Waals surface area (Å²) in [6.45, 7) is 2.34. The number of aliphatic imine (C=N–C) groups is 1. The molecule has 2 aromatic carbocycles. The maximum Gasteiger partial charge on any atom is 0.363 e. The van der Waals surface area contributed by atoms with Gasteiger partial charge in [-0.15, -0.1) is 0 Å². The molecule has 0 bridgehead atoms. The lowest BCUT2D eigenvalue weighted by Crippen LogP contribution is -2.06. The highest BCUT2D eigenvalue weighted by Gasteiger charge is 2.26. The van der Waals surface area contributed by atoms with Gasteiger partial charge in [0.05, 0.1) is 11.5 Å². The fourth-order valence-corrected chi connectivity index (χ4v) is 2.54. The molecule has 1 aliphatic rings. The SMILES string of the molecule is CCOc1ccccc1/C=C1/N=C(c2ccc(Cl)c([N+](=O)[O-])c2)OC1=O. The van der Waals surface area contributed by atoms with E-state index >= 15 is 0 Å². The van der Waals surface area contributed by atoms with Crippen molar-refractivity contribution in [3.05, 3.63) is 74.4 Å². The van der Waals surface area contributed by atoms with Crippen LogP contribution in [0.1, 0.15) is 18.1 Å². The number of cyclic esters (lactones) is 1. The minimum Gasteiger partial charge on any atom is -0.493 e. The molecular formula is C18H13ClN2O5. The van der Waals surface area contributed by atoms with Gasteiger partial charge in [0.1, 0.15) is 10.8 Å². The second-order valence-electron chi connectivity index (χ2n) is 5.23. The molecule has 2 aromatic rings. The summed E-state index contributed by atoms with van der Waals surface area (Å²) >= 11 is 5.80. The lowest BCUT2D eigenvalue weighted by atomic mass is 10.1. The Morgan fingerprint density at radius 3 is 2.81 bits per heavy atom. The van der Waals surface area contributed by atoms with Crippen molar-refractivity contribution < 1.29 is 19.2 Å². The zero-order valence-electron chi connectivity index (χ0n) is 13.6. The van der Waals surface area contributed by atoms with Crippen LogP contribution >= 0.6 is 11.6 Å². The molecule has 0 spiro atoms. The molecule has 0 aromatic heterocycles. The number of halogens is 1. The Balaban J connectivity index is 1.98. The molecule has 0 radical (unpaired) electrons. The first-order chi connectivity index (χ1) is 12.5. The smallest absolute Gasteiger partial charge is 0.363 e. The van der Waals surface area contributed by atoms with Crippen molar-refractivity contribution in [2.75, 3.05) is 6.61 Å². The molecule has 1 aliphatic heterocycles. The molecule has 132 valence electrons. The minimum absolute atomic E-state index is 0.00918. The van der Waals surface area contributed by atoms with Crippen molar-refractivity contribution in [2.45, 2.75) is 6.92 Å². The van der Waals surface area contributed by atoms with E-state index in [4.69, 9.17) is 21.1 Å². The highest BCUT2D eigenvalue weighted by atomic mass is 35.5. The van der Waals surface area contributed by atoms with Crippen LogP contribution in [0.2, 0.25) is 5.02 Å². The van der Waals surface area contributed by atoms with E-state index < -0.39 is 10.9 Å². The number of nitro groups is 1. The number of rotatable bonds is 5. The molecule has 0 amide bonds. The van der Waals surface area contributed by atoms with Crippen LogP contribution in [-0.4, -0.2) is 23.4 Å². The van der Waals surface area contributed by atoms with E-state index in [1.165, 1.54) is 18.2 Å². The molecule has 0 atom stereocenters. The number of benzene rings is 2. The second-order valence-corrected chi connectivity index (χ2v) is 5.64. The molecular weight excluding hydrogens is 360 g/mol. The number of esters is 1. The average molecular weight is 373 g/mol. The number of hydrogen-bond donors (Lipinski definition) is 0. The summed E-state index contributed by atoms with van der Waals surface area (Å²) in [7, 11) is 0. The Bertz CT molecular complexity index is 952. The molecule has 0 aliphatic carbocycles. The number of ether oxygens (including phenoxy) is 2. The van der Waals surface area contributed by atoms with Crippen molar-refractivity contribution in [3.63, 3.8) is 0 Å². The van der Waals surface area contributed by atoms with Crippen LogP contribution in [0.5, 0.6) is 5.75 Å². The van der Waals surface area contributed by atoms with E-state index in [1.54, 1.807) is 18.2 Å². The Kier molecular flexibility index (Phi) is 4.99. The summed E-state index contributed by atoms with van der Waals surface area (Å²) in [5.41, 5.74) is 0.746. The molecule has 8 heteroatoms. The molecule has 7 nitrogen and oxygen atoms in total. The Hall–Kier alpha value is -3.19. The summed E-state index contributed by atoms with van der Waals surface area (Å²) in [5, 5.41) is 11.0. The Morgan fingerprint density at radius 2 is 2.08 bits per heavy atom. The van der Waals surface area contributed by atoms with Gasteiger partial charge in [-0.25, -0.2) is 9.79 Å². The largest absolute Gasteiger partial charge is 0.493 e. The topological polar surface area (TPSA) is 91.0 Å². The fraction of sp³-hybridized carbons (Fsp3) is 0.111. The lowest BCUT2D eigenvalue weighted by Gasteiger charge is -2.06. The van der Waals surface area contributed by atoms with Gasteiger partial charge in [0, 0.05) is 17.2 Å². The van der Waals surface area contributed by atoms with Gasteiger partial charge in [-0.2, -0.15) is 0 Å². The number of nitrogens with zero attached hydrogens (tertiary/aromatic N) is 2. The Labute approximate surface area is 153 Å². The fourth-order valence-electron chi connectivity index (χ4n) is 2.35. The summed E-state index contributed by atoms with van der Waals surface area (Å²) in [6.07, 6.45) is 1.55. The summed E-state index contributed by atoms with van der Waals surface area (Å²) in [4.78, 5) is 26.7. The zero-order valence-corrected chi connectivity index (χ0v) is 14.4. The highest BCUT2D eigenvalue weighted by molar-refractivity contribution is 6.32. The number of para-hydroxylation sites is 1. The monoisotopic (exact) mass is 372 g/mol. The summed E-state index contributed by atoms with van der Waals surface area (Å²) < 4.78 is 10.7. The molecule has 0 fully saturated rings. The zero-order chi connectivity index (χ0) is 18.7. The van der Waals surface area contributed by atoms with E-state index in [2.05, 4.69) is 4.99 Å². The van der Waals surface area contributed by atoms with Crippen LogP contribution < -0.4 is 4.74 Å². The van der Waals surface area contributed by atoms with Crippen LogP contribution in [0, 0.1) is 10.1 Å². The first kappa shape index (κ1) is 17.6. The van der Waals surface area contributed by atoms with Crippen molar-refractivity contribution in [1.82, 2.24) is 0 Å². The van der Waals surface area contributed by atoms with E-state index in [0.717, 1.165) is 0 Å². The van der Waals surface area contributed by atoms with Crippen LogP contribution in [0.25, 0.3) is 6.08 Å². The summed E-state index contributed by atoms with van der Waals surface area (Å²) in [6, 6.07) is 11.3. The van der Waals surface area contributed by atoms with Crippen molar-refractivity contribution >= 4 is 35.2 Å². The van der Waals surface area contributed by atoms with E-state index in [-0.39, 0.29) is 27.9 Å². The van der Waals surface area contributed by atoms with Crippen LogP contribution in [0.4, 0.5) is 5.69 Å². The minimum atomic E-state index is -0.649. The van der Waals surface area contributed by atoms with Gasteiger partial charge in [-0.3, -0.25) is 10.1 Å². The van der Waals surface area contributed by atoms with Crippen LogP contribution in [0.15, 0.2) is 53.2 Å². The van der Waals surface area contributed by atoms with Crippen LogP contribution in [0.3, 0.4) is 0 Å². The molecule has 0 saturated heterocycles. The van der Waals surface area contributed by atoms with E-state index in [9.17, 15) is 14.9 Å². The first-order valence-electron chi connectivity index (χ1n) is 7.68. The maximum absolute atomic E-state index is 12.1. The lowest BCUT2D eigenvalue weighted by molar-refractivity contribution is -0.384. The predicted octanol–water partition coefficient (Wildman–Crippen LogP) is 3.99. The number of carbonyl (C=O) groups excluding carboxylic acids is 1. The van der Waals surface area contributed by atoms with Gasteiger partial charge in [0.25, 0.3) is 5.69 Å². The first-order valence-corrected chi connectivity index (χ1v) is 8.06. The standard InChI is InChI=1S/C18H13ClN2O5/c1-2-25-16-6-4-3-5-11(16)9-14-18(22)26-17(20-14)12-7-8-13(19)15(10-12)21(23)24/h3-10H,2H2,1H3/b14-9+. The maximum atomic E-state index is 12.1. The van der Waals surface area contributed by atoms with Crippen molar-refractivity contribution in [1.29, 1.82) is 0 Å². The van der Waals surface area contributed by atoms with Crippen molar-refractivity contribution in [3.8, 4) is 5.75 Å². The molecule has 3 rings (SSSR count). The molecule has 0 saturated carbocycles. The van der Waals surface area contributed by atoms with Gasteiger partial charge < -0.3 is 9.47 Å². The average Bonchev–Trinajstić information content (AvgIpc) is 2.98. The second kappa shape index (κ2) is 7.37. The van der Waals surface area contributed by atoms with Gasteiger partial charge in [0.15, 0.2) is 5.70 Å². The third-order valence-electron chi connectivity index (χ3n) is 3.52. The van der Waals surface area contributed by atoms with E-state index in [1.807, 2.05) is 19.1 Å². The number of hydrogen-bond acceptors (Lipinski definition) is 6. The van der Waals surface area contributed by atoms with Crippen molar-refractivity contribution in [2.24, 2.45) is 4.99 Å².